The molecule has 4 rings (SSSR count). The first kappa shape index (κ1) is 30.9. The molecule has 0 aliphatic carbocycles. The number of rotatable bonds is 12. The van der Waals surface area contributed by atoms with Crippen molar-refractivity contribution in [3.8, 4) is 11.5 Å². The van der Waals surface area contributed by atoms with Crippen LogP contribution < -0.4 is 25.4 Å². The van der Waals surface area contributed by atoms with Crippen LogP contribution in [0.25, 0.3) is 6.08 Å². The summed E-state index contributed by atoms with van der Waals surface area (Å²) in [4.78, 5) is 40.2. The van der Waals surface area contributed by atoms with Crippen LogP contribution in [0.1, 0.15) is 35.0 Å². The molecular weight excluding hydrogens is 568 g/mol. The van der Waals surface area contributed by atoms with Gasteiger partial charge in [0.2, 0.25) is 5.91 Å². The maximum atomic E-state index is 13.6. The van der Waals surface area contributed by atoms with Gasteiger partial charge in [0, 0.05) is 33.8 Å². The predicted molar refractivity (Wildman–Crippen MR) is 166 cm³/mol. The SMILES string of the molecule is CCC(Sc1cccc(NC(=O)/C(=C\c2ccc(OC)cc2OC)NC(=O)c2ccccc2)c1)C(=O)Nc1cc(C)on1. The Labute approximate surface area is 253 Å². The minimum atomic E-state index is -0.546. The fourth-order valence-electron chi connectivity index (χ4n) is 4.00. The summed E-state index contributed by atoms with van der Waals surface area (Å²) in [6.45, 7) is 3.66. The third kappa shape index (κ3) is 8.49. The maximum Gasteiger partial charge on any atom is 0.272 e. The number of carbonyl (C=O) groups is 3. The average molecular weight is 601 g/mol. The van der Waals surface area contributed by atoms with E-state index in [0.29, 0.717) is 46.3 Å². The van der Waals surface area contributed by atoms with Crippen LogP contribution in [0.5, 0.6) is 11.5 Å². The van der Waals surface area contributed by atoms with E-state index in [-0.39, 0.29) is 11.6 Å². The number of ether oxygens (including phenoxy) is 2. The van der Waals surface area contributed by atoms with E-state index in [0.717, 1.165) is 4.90 Å². The molecule has 3 N–H and O–H groups in total. The fourth-order valence-corrected chi connectivity index (χ4v) is 5.01. The zero-order chi connectivity index (χ0) is 30.8. The third-order valence-corrected chi connectivity index (χ3v) is 7.54. The largest absolute Gasteiger partial charge is 0.497 e. The summed E-state index contributed by atoms with van der Waals surface area (Å²) in [5.41, 5.74) is 1.44. The molecule has 0 aliphatic rings. The van der Waals surface area contributed by atoms with Gasteiger partial charge < -0.3 is 29.9 Å². The number of carbonyl (C=O) groups excluding carboxylic acids is 3. The Kier molecular flexibility index (Phi) is 10.6. The quantitative estimate of drug-likeness (QED) is 0.135. The Bertz CT molecular complexity index is 1620. The molecule has 3 amide bonds. The minimum absolute atomic E-state index is 0.00379. The van der Waals surface area contributed by atoms with Crippen LogP contribution >= 0.6 is 11.8 Å². The summed E-state index contributed by atoms with van der Waals surface area (Å²) in [7, 11) is 3.05. The smallest absolute Gasteiger partial charge is 0.272 e. The third-order valence-electron chi connectivity index (χ3n) is 6.18. The molecule has 1 atom stereocenters. The number of methoxy groups -OCH3 is 2. The Morgan fingerprint density at radius 1 is 0.953 bits per heavy atom. The number of hydrogen-bond acceptors (Lipinski definition) is 8. The van der Waals surface area contributed by atoms with Gasteiger partial charge in [0.1, 0.15) is 23.0 Å². The number of nitrogens with one attached hydrogen (secondary N) is 3. The maximum absolute atomic E-state index is 13.6. The Hall–Kier alpha value is -5.03. The number of benzene rings is 3. The van der Waals surface area contributed by atoms with E-state index in [4.69, 9.17) is 14.0 Å². The van der Waals surface area contributed by atoms with Crippen LogP contribution in [0, 0.1) is 6.92 Å². The van der Waals surface area contributed by atoms with Crippen molar-refractivity contribution in [2.75, 3.05) is 24.9 Å². The van der Waals surface area contributed by atoms with Gasteiger partial charge in [-0.05, 0) is 61.9 Å². The lowest BCUT2D eigenvalue weighted by molar-refractivity contribution is -0.116. The van der Waals surface area contributed by atoms with Gasteiger partial charge in [-0.25, -0.2) is 0 Å². The summed E-state index contributed by atoms with van der Waals surface area (Å²) < 4.78 is 15.8. The van der Waals surface area contributed by atoms with Gasteiger partial charge in [-0.3, -0.25) is 14.4 Å². The first-order chi connectivity index (χ1) is 20.8. The van der Waals surface area contributed by atoms with Crippen LogP contribution in [0.4, 0.5) is 11.5 Å². The zero-order valence-electron chi connectivity index (χ0n) is 24.2. The number of aromatic nitrogens is 1. The summed E-state index contributed by atoms with van der Waals surface area (Å²) in [6.07, 6.45) is 2.10. The fraction of sp³-hybridized carbons (Fsp3) is 0.188. The molecule has 0 spiro atoms. The molecule has 1 aromatic heterocycles. The monoisotopic (exact) mass is 600 g/mol. The average Bonchev–Trinajstić information content (AvgIpc) is 3.44. The number of aryl methyl sites for hydroxylation is 1. The van der Waals surface area contributed by atoms with E-state index in [1.54, 1.807) is 86.8 Å². The van der Waals surface area contributed by atoms with Crippen molar-refractivity contribution >= 4 is 47.1 Å². The van der Waals surface area contributed by atoms with Crippen molar-refractivity contribution in [1.29, 1.82) is 0 Å². The van der Waals surface area contributed by atoms with Crippen molar-refractivity contribution in [1.82, 2.24) is 10.5 Å². The molecule has 0 saturated carbocycles. The molecule has 222 valence electrons. The van der Waals surface area contributed by atoms with E-state index in [9.17, 15) is 14.4 Å². The number of nitrogens with zero attached hydrogens (tertiary/aromatic N) is 1. The Morgan fingerprint density at radius 3 is 2.42 bits per heavy atom. The predicted octanol–water partition coefficient (Wildman–Crippen LogP) is 5.92. The van der Waals surface area contributed by atoms with Crippen molar-refractivity contribution in [3.05, 3.63) is 101 Å². The van der Waals surface area contributed by atoms with E-state index in [2.05, 4.69) is 21.1 Å². The second kappa shape index (κ2) is 14.7. The highest BCUT2D eigenvalue weighted by atomic mass is 32.2. The van der Waals surface area contributed by atoms with Crippen LogP contribution in [0.3, 0.4) is 0 Å². The molecule has 1 heterocycles. The highest BCUT2D eigenvalue weighted by Gasteiger charge is 2.20. The number of hydrogen-bond donors (Lipinski definition) is 3. The second-order valence-electron chi connectivity index (χ2n) is 9.29. The standard InChI is InChI=1S/C32H32N4O6S/c1-5-28(32(39)35-29-16-20(2)42-36-29)43-25-13-9-12-23(18-25)33-31(38)26(34-30(37)21-10-7-6-8-11-21)17-22-14-15-24(40-3)19-27(22)41-4/h6-19,28H,5H2,1-4H3,(H,33,38)(H,34,37)(H,35,36,39)/b26-17+. The van der Waals surface area contributed by atoms with E-state index < -0.39 is 17.1 Å². The van der Waals surface area contributed by atoms with Crippen LogP contribution in [-0.4, -0.2) is 42.3 Å². The molecule has 43 heavy (non-hydrogen) atoms. The van der Waals surface area contributed by atoms with Crippen LogP contribution in [0.2, 0.25) is 0 Å². The Balaban J connectivity index is 1.55. The highest BCUT2D eigenvalue weighted by molar-refractivity contribution is 8.00. The molecule has 4 aromatic rings. The molecule has 0 radical (unpaired) electrons. The number of amides is 3. The van der Waals surface area contributed by atoms with Gasteiger partial charge in [0.05, 0.1) is 19.5 Å². The van der Waals surface area contributed by atoms with Gasteiger partial charge in [0.25, 0.3) is 11.8 Å². The van der Waals surface area contributed by atoms with Gasteiger partial charge in [0.15, 0.2) is 5.82 Å². The van der Waals surface area contributed by atoms with E-state index in [1.165, 1.54) is 24.9 Å². The van der Waals surface area contributed by atoms with Gasteiger partial charge in [-0.2, -0.15) is 0 Å². The van der Waals surface area contributed by atoms with E-state index in [1.807, 2.05) is 13.0 Å². The van der Waals surface area contributed by atoms with Gasteiger partial charge in [-0.15, -0.1) is 11.8 Å². The van der Waals surface area contributed by atoms with Crippen LogP contribution in [0.15, 0.2) is 94.0 Å². The van der Waals surface area contributed by atoms with Gasteiger partial charge >= 0.3 is 0 Å². The Morgan fingerprint density at radius 2 is 1.74 bits per heavy atom. The molecular formula is C32H32N4O6S. The summed E-state index contributed by atoms with van der Waals surface area (Å²) in [5, 5.41) is 11.8. The molecule has 11 heteroatoms. The zero-order valence-corrected chi connectivity index (χ0v) is 25.0. The second-order valence-corrected chi connectivity index (χ2v) is 10.6. The molecule has 0 aliphatic heterocycles. The lowest BCUT2D eigenvalue weighted by Crippen LogP contribution is -2.30. The van der Waals surface area contributed by atoms with E-state index >= 15 is 0 Å². The minimum Gasteiger partial charge on any atom is -0.497 e. The molecule has 3 aromatic carbocycles. The topological polar surface area (TPSA) is 132 Å². The van der Waals surface area contributed by atoms with Gasteiger partial charge in [-0.1, -0.05) is 36.3 Å². The van der Waals surface area contributed by atoms with Crippen molar-refractivity contribution < 1.29 is 28.4 Å². The lowest BCUT2D eigenvalue weighted by atomic mass is 10.1. The summed E-state index contributed by atoms with van der Waals surface area (Å²) in [6, 6.07) is 22.5. The first-order valence-electron chi connectivity index (χ1n) is 13.4. The molecule has 10 nitrogen and oxygen atoms in total. The molecule has 0 fully saturated rings. The van der Waals surface area contributed by atoms with Crippen molar-refractivity contribution in [2.45, 2.75) is 30.4 Å². The number of thioether (sulfide) groups is 1. The van der Waals surface area contributed by atoms with Crippen molar-refractivity contribution in [3.63, 3.8) is 0 Å². The summed E-state index contributed by atoms with van der Waals surface area (Å²) in [5.74, 6) is 0.789. The highest BCUT2D eigenvalue weighted by Crippen LogP contribution is 2.29. The van der Waals surface area contributed by atoms with Crippen molar-refractivity contribution in [2.24, 2.45) is 0 Å². The number of anilines is 2. The molecule has 1 unspecified atom stereocenters. The molecule has 0 saturated heterocycles. The molecule has 0 bridgehead atoms. The van der Waals surface area contributed by atoms with Crippen LogP contribution in [-0.2, 0) is 9.59 Å². The normalized spacial score (nSPS) is 11.8. The summed E-state index contributed by atoms with van der Waals surface area (Å²) >= 11 is 1.36. The lowest BCUT2D eigenvalue weighted by Gasteiger charge is -2.15. The first-order valence-corrected chi connectivity index (χ1v) is 14.3.